The molecule has 0 amide bonds. The van der Waals surface area contributed by atoms with Crippen molar-refractivity contribution < 1.29 is 13.0 Å². The lowest BCUT2D eigenvalue weighted by molar-refractivity contribution is 0.460. The summed E-state index contributed by atoms with van der Waals surface area (Å²) in [6.07, 6.45) is 3.19. The highest BCUT2D eigenvalue weighted by Gasteiger charge is 2.44. The van der Waals surface area contributed by atoms with E-state index in [1.165, 1.54) is 12.0 Å². The molecule has 0 saturated heterocycles. The predicted molar refractivity (Wildman–Crippen MR) is 84.0 cm³/mol. The lowest BCUT2D eigenvalue weighted by Gasteiger charge is -2.20. The van der Waals surface area contributed by atoms with Gasteiger partial charge in [-0.1, -0.05) is 32.9 Å². The fraction of sp³-hybridized carbons (Fsp3) is 0.667. The minimum atomic E-state index is -4.41. The number of hydrogen-bond donors (Lipinski definition) is 0. The van der Waals surface area contributed by atoms with E-state index >= 15 is 0 Å². The zero-order valence-corrected chi connectivity index (χ0v) is 14.2. The van der Waals surface area contributed by atoms with Crippen molar-refractivity contribution in [3.8, 4) is 0 Å². The summed E-state index contributed by atoms with van der Waals surface area (Å²) in [7, 11) is -4.41. The topological polar surface area (TPSA) is 57.2 Å². The van der Waals surface area contributed by atoms with Crippen molar-refractivity contribution in [2.45, 2.75) is 62.7 Å². The highest BCUT2D eigenvalue weighted by Crippen LogP contribution is 2.57. The molecule has 4 heteroatoms. The van der Waals surface area contributed by atoms with Gasteiger partial charge in [0.15, 0.2) is 0 Å². The van der Waals surface area contributed by atoms with E-state index in [-0.39, 0.29) is 16.7 Å². The first-order chi connectivity index (χ1) is 10.3. The van der Waals surface area contributed by atoms with Crippen LogP contribution in [-0.2, 0) is 10.1 Å². The Bertz CT molecular complexity index is 700. The maximum atomic E-state index is 12.0. The summed E-state index contributed by atoms with van der Waals surface area (Å²) in [5.74, 6) is 2.77. The standard InChI is InChI=1S/C18H24O3S/c1-9-4-13(9)12-7-16(14-5-10(14)2)18(22(19,20)21)17(8-12)15-6-11(15)3/h7-11,13-15H,4-6H2,1-3H3,(H,19,20,21)/p-1. The fourth-order valence-electron chi connectivity index (χ4n) is 4.05. The van der Waals surface area contributed by atoms with Crippen molar-refractivity contribution in [1.29, 1.82) is 0 Å². The molecule has 3 aliphatic rings. The van der Waals surface area contributed by atoms with Gasteiger partial charge in [0, 0.05) is 0 Å². The summed E-state index contributed by atoms with van der Waals surface area (Å²) in [5.41, 5.74) is 2.92. The SMILES string of the molecule is CC1CC1c1cc(C2CC2C)c(S(=O)(=O)[O-])c(C2CC2C)c1. The molecular formula is C18H23O3S-. The number of rotatable bonds is 4. The van der Waals surface area contributed by atoms with Crippen LogP contribution in [0.15, 0.2) is 17.0 Å². The van der Waals surface area contributed by atoms with E-state index in [2.05, 4.69) is 20.8 Å². The summed E-state index contributed by atoms with van der Waals surface area (Å²) in [6.45, 7) is 6.51. The Hall–Kier alpha value is -0.870. The van der Waals surface area contributed by atoms with Gasteiger partial charge in [0.25, 0.3) is 0 Å². The van der Waals surface area contributed by atoms with Crippen molar-refractivity contribution >= 4 is 10.1 Å². The third-order valence-electron chi connectivity index (χ3n) is 5.97. The van der Waals surface area contributed by atoms with Crippen LogP contribution in [0, 0.1) is 17.8 Å². The van der Waals surface area contributed by atoms with Gasteiger partial charge in [-0.05, 0) is 71.5 Å². The molecule has 0 bridgehead atoms. The van der Waals surface area contributed by atoms with Crippen LogP contribution >= 0.6 is 0 Å². The molecule has 120 valence electrons. The van der Waals surface area contributed by atoms with E-state index in [1.807, 2.05) is 12.1 Å². The zero-order valence-electron chi connectivity index (χ0n) is 13.4. The minimum Gasteiger partial charge on any atom is -0.744 e. The summed E-state index contributed by atoms with van der Waals surface area (Å²) >= 11 is 0. The second kappa shape index (κ2) is 4.57. The molecule has 0 heterocycles. The molecule has 0 N–H and O–H groups in total. The monoisotopic (exact) mass is 319 g/mol. The Balaban J connectivity index is 1.90. The average Bonchev–Trinajstić information content (AvgIpc) is 3.30. The lowest BCUT2D eigenvalue weighted by atomic mass is 9.95. The van der Waals surface area contributed by atoms with Crippen molar-refractivity contribution in [1.82, 2.24) is 0 Å². The van der Waals surface area contributed by atoms with Crippen molar-refractivity contribution in [2.24, 2.45) is 17.8 Å². The predicted octanol–water partition coefficient (Wildman–Crippen LogP) is 3.96. The van der Waals surface area contributed by atoms with Crippen LogP contribution in [0.1, 0.15) is 74.5 Å². The van der Waals surface area contributed by atoms with Gasteiger partial charge in [-0.3, -0.25) is 0 Å². The Labute approximate surface area is 132 Å². The summed E-state index contributed by atoms with van der Waals surface area (Å²) in [5, 5.41) is 0. The Kier molecular flexibility index (Phi) is 3.06. The Morgan fingerprint density at radius 3 is 1.50 bits per heavy atom. The first kappa shape index (κ1) is 14.7. The third-order valence-corrected chi connectivity index (χ3v) is 6.95. The van der Waals surface area contributed by atoms with Crippen LogP contribution in [0.25, 0.3) is 0 Å². The van der Waals surface area contributed by atoms with Gasteiger partial charge in [0.1, 0.15) is 10.1 Å². The molecule has 3 aliphatic carbocycles. The largest absolute Gasteiger partial charge is 0.744 e. The van der Waals surface area contributed by atoms with Crippen LogP contribution < -0.4 is 0 Å². The van der Waals surface area contributed by atoms with Crippen LogP contribution in [0.4, 0.5) is 0 Å². The van der Waals surface area contributed by atoms with Gasteiger partial charge in [-0.25, -0.2) is 8.42 Å². The molecule has 4 rings (SSSR count). The van der Waals surface area contributed by atoms with Crippen molar-refractivity contribution in [2.75, 3.05) is 0 Å². The van der Waals surface area contributed by atoms with E-state index in [4.69, 9.17) is 0 Å². The molecular weight excluding hydrogens is 296 g/mol. The van der Waals surface area contributed by atoms with Crippen molar-refractivity contribution in [3.63, 3.8) is 0 Å². The number of benzene rings is 1. The minimum absolute atomic E-state index is 0.133. The molecule has 22 heavy (non-hydrogen) atoms. The van der Waals surface area contributed by atoms with E-state index in [9.17, 15) is 13.0 Å². The quantitative estimate of drug-likeness (QED) is 0.789. The average molecular weight is 319 g/mol. The first-order valence-electron chi connectivity index (χ1n) is 8.41. The van der Waals surface area contributed by atoms with Gasteiger partial charge in [0.05, 0.1) is 4.90 Å². The van der Waals surface area contributed by atoms with E-state index in [1.54, 1.807) is 0 Å². The van der Waals surface area contributed by atoms with Crippen molar-refractivity contribution in [3.05, 3.63) is 28.8 Å². The van der Waals surface area contributed by atoms with Gasteiger partial charge in [-0.15, -0.1) is 0 Å². The second-order valence-electron chi connectivity index (χ2n) is 7.94. The molecule has 3 nitrogen and oxygen atoms in total. The molecule has 6 atom stereocenters. The molecule has 3 fully saturated rings. The Morgan fingerprint density at radius 1 is 0.864 bits per heavy atom. The number of hydrogen-bond acceptors (Lipinski definition) is 3. The highest BCUT2D eigenvalue weighted by molar-refractivity contribution is 7.85. The maximum Gasteiger partial charge on any atom is 0.124 e. The van der Waals surface area contributed by atoms with Crippen LogP contribution in [0.2, 0.25) is 0 Å². The van der Waals surface area contributed by atoms with Gasteiger partial charge in [-0.2, -0.15) is 0 Å². The second-order valence-corrected chi connectivity index (χ2v) is 9.26. The van der Waals surface area contributed by atoms with E-state index in [0.717, 1.165) is 24.0 Å². The molecule has 0 aromatic heterocycles. The smallest absolute Gasteiger partial charge is 0.124 e. The van der Waals surface area contributed by atoms with Crippen LogP contribution in [0.3, 0.4) is 0 Å². The lowest BCUT2D eigenvalue weighted by Crippen LogP contribution is -2.09. The normalized spacial score (nSPS) is 39.6. The zero-order chi connectivity index (χ0) is 15.8. The van der Waals surface area contributed by atoms with Gasteiger partial charge in [0.2, 0.25) is 0 Å². The third kappa shape index (κ3) is 2.41. The highest BCUT2D eigenvalue weighted by atomic mass is 32.2. The molecule has 1 aromatic rings. The molecule has 6 unspecified atom stereocenters. The molecule has 0 aliphatic heterocycles. The van der Waals surface area contributed by atoms with E-state index in [0.29, 0.717) is 23.7 Å². The molecule has 3 saturated carbocycles. The molecule has 1 aromatic carbocycles. The summed E-state index contributed by atoms with van der Waals surface area (Å²) in [6, 6.07) is 4.09. The fourth-order valence-corrected chi connectivity index (χ4v) is 5.05. The molecule has 0 radical (unpaired) electrons. The van der Waals surface area contributed by atoms with Gasteiger partial charge >= 0.3 is 0 Å². The van der Waals surface area contributed by atoms with Crippen LogP contribution in [0.5, 0.6) is 0 Å². The van der Waals surface area contributed by atoms with Gasteiger partial charge < -0.3 is 4.55 Å². The summed E-state index contributed by atoms with van der Waals surface area (Å²) < 4.78 is 35.9. The summed E-state index contributed by atoms with van der Waals surface area (Å²) in [4.78, 5) is 0.133. The maximum absolute atomic E-state index is 12.0. The van der Waals surface area contributed by atoms with E-state index < -0.39 is 10.1 Å². The molecule has 0 spiro atoms. The first-order valence-corrected chi connectivity index (χ1v) is 9.81. The van der Waals surface area contributed by atoms with Crippen LogP contribution in [-0.4, -0.2) is 13.0 Å². The Morgan fingerprint density at radius 2 is 1.23 bits per heavy atom.